The van der Waals surface area contributed by atoms with E-state index in [1.807, 2.05) is 12.4 Å². The highest BCUT2D eigenvalue weighted by Gasteiger charge is 2.29. The van der Waals surface area contributed by atoms with Crippen LogP contribution in [0.1, 0.15) is 31.7 Å². The van der Waals surface area contributed by atoms with E-state index in [4.69, 9.17) is 0 Å². The van der Waals surface area contributed by atoms with E-state index in [1.54, 1.807) is 0 Å². The van der Waals surface area contributed by atoms with Gasteiger partial charge >= 0.3 is 0 Å². The summed E-state index contributed by atoms with van der Waals surface area (Å²) in [5.74, 6) is 1.72. The standard InChI is InChI=1S/C14H22N2/c1-11-4-3-5-13(11)14(15-2)10-12-6-8-16-9-7-12/h6-9,11,13-15H,3-5,10H2,1-2H3. The lowest BCUT2D eigenvalue weighted by Crippen LogP contribution is -2.36. The van der Waals surface area contributed by atoms with Crippen LogP contribution in [0.3, 0.4) is 0 Å². The first kappa shape index (κ1) is 11.6. The maximum Gasteiger partial charge on any atom is 0.0270 e. The van der Waals surface area contributed by atoms with Crippen molar-refractivity contribution in [3.8, 4) is 0 Å². The quantitative estimate of drug-likeness (QED) is 0.840. The minimum atomic E-state index is 0.625. The maximum atomic E-state index is 4.07. The van der Waals surface area contributed by atoms with Crippen molar-refractivity contribution in [3.05, 3.63) is 30.1 Å². The van der Waals surface area contributed by atoms with E-state index in [2.05, 4.69) is 36.4 Å². The van der Waals surface area contributed by atoms with Crippen molar-refractivity contribution < 1.29 is 0 Å². The van der Waals surface area contributed by atoms with Crippen LogP contribution in [0, 0.1) is 11.8 Å². The summed E-state index contributed by atoms with van der Waals surface area (Å²) in [6.07, 6.45) is 9.10. The highest BCUT2D eigenvalue weighted by Crippen LogP contribution is 2.34. The zero-order chi connectivity index (χ0) is 11.4. The third kappa shape index (κ3) is 2.62. The fraction of sp³-hybridized carbons (Fsp3) is 0.643. The fourth-order valence-electron chi connectivity index (χ4n) is 3.01. The van der Waals surface area contributed by atoms with Crippen molar-refractivity contribution in [2.75, 3.05) is 7.05 Å². The van der Waals surface area contributed by atoms with Crippen molar-refractivity contribution in [2.45, 2.75) is 38.6 Å². The summed E-state index contributed by atoms with van der Waals surface area (Å²) in [5.41, 5.74) is 1.40. The highest BCUT2D eigenvalue weighted by molar-refractivity contribution is 5.12. The van der Waals surface area contributed by atoms with Crippen molar-refractivity contribution in [2.24, 2.45) is 11.8 Å². The molecule has 1 aromatic rings. The largest absolute Gasteiger partial charge is 0.316 e. The molecule has 0 spiro atoms. The predicted octanol–water partition coefficient (Wildman–Crippen LogP) is 2.65. The minimum absolute atomic E-state index is 0.625. The molecule has 3 unspecified atom stereocenters. The lowest BCUT2D eigenvalue weighted by Gasteiger charge is -2.26. The predicted molar refractivity (Wildman–Crippen MR) is 67.3 cm³/mol. The van der Waals surface area contributed by atoms with Crippen LogP contribution in [-0.4, -0.2) is 18.1 Å². The number of hydrogen-bond acceptors (Lipinski definition) is 2. The molecule has 88 valence electrons. The number of rotatable bonds is 4. The zero-order valence-electron chi connectivity index (χ0n) is 10.3. The number of hydrogen-bond donors (Lipinski definition) is 1. The van der Waals surface area contributed by atoms with Gasteiger partial charge < -0.3 is 5.32 Å². The summed E-state index contributed by atoms with van der Waals surface area (Å²) in [4.78, 5) is 4.07. The first-order valence-corrected chi connectivity index (χ1v) is 6.37. The van der Waals surface area contributed by atoms with Gasteiger partial charge in [0.1, 0.15) is 0 Å². The molecule has 2 rings (SSSR count). The van der Waals surface area contributed by atoms with Crippen LogP contribution in [-0.2, 0) is 6.42 Å². The number of nitrogens with one attached hydrogen (secondary N) is 1. The minimum Gasteiger partial charge on any atom is -0.316 e. The monoisotopic (exact) mass is 218 g/mol. The second-order valence-electron chi connectivity index (χ2n) is 5.03. The maximum absolute atomic E-state index is 4.07. The molecule has 0 amide bonds. The van der Waals surface area contributed by atoms with Gasteiger partial charge in [-0.2, -0.15) is 0 Å². The van der Waals surface area contributed by atoms with E-state index in [-0.39, 0.29) is 0 Å². The third-order valence-corrected chi connectivity index (χ3v) is 4.02. The number of nitrogens with zero attached hydrogens (tertiary/aromatic N) is 1. The van der Waals surface area contributed by atoms with Crippen LogP contribution >= 0.6 is 0 Å². The molecule has 1 aliphatic rings. The van der Waals surface area contributed by atoms with Crippen LogP contribution in [0.5, 0.6) is 0 Å². The molecule has 0 bridgehead atoms. The van der Waals surface area contributed by atoms with Gasteiger partial charge in [-0.25, -0.2) is 0 Å². The summed E-state index contributed by atoms with van der Waals surface area (Å²) in [5, 5.41) is 3.50. The van der Waals surface area contributed by atoms with E-state index >= 15 is 0 Å². The number of likely N-dealkylation sites (N-methyl/N-ethyl adjacent to an activating group) is 1. The molecule has 16 heavy (non-hydrogen) atoms. The van der Waals surface area contributed by atoms with Crippen molar-refractivity contribution in [1.82, 2.24) is 10.3 Å². The summed E-state index contributed by atoms with van der Waals surface area (Å²) >= 11 is 0. The van der Waals surface area contributed by atoms with E-state index in [0.29, 0.717) is 6.04 Å². The normalized spacial score (nSPS) is 26.9. The van der Waals surface area contributed by atoms with Crippen LogP contribution in [0.2, 0.25) is 0 Å². The Balaban J connectivity index is 2.00. The molecule has 0 aromatic carbocycles. The van der Waals surface area contributed by atoms with E-state index in [0.717, 1.165) is 18.3 Å². The summed E-state index contributed by atoms with van der Waals surface area (Å²) < 4.78 is 0. The molecule has 0 radical (unpaired) electrons. The Kier molecular flexibility index (Phi) is 3.94. The Bertz CT molecular complexity index is 310. The molecule has 2 nitrogen and oxygen atoms in total. The lowest BCUT2D eigenvalue weighted by molar-refractivity contribution is 0.308. The molecule has 0 aliphatic heterocycles. The second kappa shape index (κ2) is 5.44. The van der Waals surface area contributed by atoms with E-state index < -0.39 is 0 Å². The number of aromatic nitrogens is 1. The van der Waals surface area contributed by atoms with Crippen molar-refractivity contribution in [1.29, 1.82) is 0 Å². The average Bonchev–Trinajstić information content (AvgIpc) is 2.74. The Morgan fingerprint density at radius 1 is 1.38 bits per heavy atom. The molecule has 2 heteroatoms. The molecule has 1 fully saturated rings. The van der Waals surface area contributed by atoms with Crippen LogP contribution in [0.15, 0.2) is 24.5 Å². The second-order valence-corrected chi connectivity index (χ2v) is 5.03. The summed E-state index contributed by atoms with van der Waals surface area (Å²) in [6, 6.07) is 4.88. The fourth-order valence-corrected chi connectivity index (χ4v) is 3.01. The first-order valence-electron chi connectivity index (χ1n) is 6.37. The van der Waals surface area contributed by atoms with Gasteiger partial charge in [-0.05, 0) is 49.4 Å². The van der Waals surface area contributed by atoms with Gasteiger partial charge in [0, 0.05) is 18.4 Å². The van der Waals surface area contributed by atoms with E-state index in [1.165, 1.54) is 24.8 Å². The molecule has 1 aliphatic carbocycles. The molecular weight excluding hydrogens is 196 g/mol. The smallest absolute Gasteiger partial charge is 0.0270 e. The van der Waals surface area contributed by atoms with Crippen LogP contribution in [0.25, 0.3) is 0 Å². The van der Waals surface area contributed by atoms with Gasteiger partial charge in [0.25, 0.3) is 0 Å². The third-order valence-electron chi connectivity index (χ3n) is 4.02. The molecule has 0 saturated heterocycles. The van der Waals surface area contributed by atoms with Gasteiger partial charge in [0.15, 0.2) is 0 Å². The Hall–Kier alpha value is -0.890. The molecule has 1 saturated carbocycles. The number of pyridine rings is 1. The molecule has 3 atom stereocenters. The molecular formula is C14H22N2. The zero-order valence-corrected chi connectivity index (χ0v) is 10.3. The Morgan fingerprint density at radius 2 is 2.12 bits per heavy atom. The van der Waals surface area contributed by atoms with Crippen LogP contribution < -0.4 is 5.32 Å². The SMILES string of the molecule is CNC(Cc1ccncc1)C1CCCC1C. The van der Waals surface area contributed by atoms with Gasteiger partial charge in [-0.1, -0.05) is 19.8 Å². The summed E-state index contributed by atoms with van der Waals surface area (Å²) in [6.45, 7) is 2.40. The van der Waals surface area contributed by atoms with Gasteiger partial charge in [-0.3, -0.25) is 4.98 Å². The van der Waals surface area contributed by atoms with Gasteiger partial charge in [0.05, 0.1) is 0 Å². The topological polar surface area (TPSA) is 24.9 Å². The lowest BCUT2D eigenvalue weighted by atomic mass is 9.87. The van der Waals surface area contributed by atoms with Gasteiger partial charge in [-0.15, -0.1) is 0 Å². The van der Waals surface area contributed by atoms with E-state index in [9.17, 15) is 0 Å². The summed E-state index contributed by atoms with van der Waals surface area (Å²) in [7, 11) is 2.09. The first-order chi connectivity index (χ1) is 7.81. The molecule has 1 heterocycles. The molecule has 1 N–H and O–H groups in total. The molecule has 1 aromatic heterocycles. The highest BCUT2D eigenvalue weighted by atomic mass is 14.9. The van der Waals surface area contributed by atoms with Crippen molar-refractivity contribution >= 4 is 0 Å². The van der Waals surface area contributed by atoms with Crippen molar-refractivity contribution in [3.63, 3.8) is 0 Å². The Morgan fingerprint density at radius 3 is 2.69 bits per heavy atom. The van der Waals surface area contributed by atoms with Crippen LogP contribution in [0.4, 0.5) is 0 Å². The Labute approximate surface area is 98.5 Å². The average molecular weight is 218 g/mol. The van der Waals surface area contributed by atoms with Gasteiger partial charge in [0.2, 0.25) is 0 Å².